The third kappa shape index (κ3) is 5.41. The number of ether oxygens (including phenoxy) is 2. The lowest BCUT2D eigenvalue weighted by molar-refractivity contribution is 0.0244. The van der Waals surface area contributed by atoms with Crippen LogP contribution in [-0.2, 0) is 16.1 Å². The summed E-state index contributed by atoms with van der Waals surface area (Å²) in [6.07, 6.45) is 2.40. The Bertz CT molecular complexity index is 719. The summed E-state index contributed by atoms with van der Waals surface area (Å²) in [5.74, 6) is 0. The maximum absolute atomic E-state index is 12.9. The van der Waals surface area contributed by atoms with Crippen molar-refractivity contribution in [2.24, 2.45) is 5.73 Å². The van der Waals surface area contributed by atoms with Gasteiger partial charge in [0.25, 0.3) is 0 Å². The van der Waals surface area contributed by atoms with Crippen LogP contribution in [0.4, 0.5) is 9.59 Å². The van der Waals surface area contributed by atoms with Crippen molar-refractivity contribution in [3.63, 3.8) is 0 Å². The minimum atomic E-state index is -0.524. The molecule has 0 bridgehead atoms. The van der Waals surface area contributed by atoms with Gasteiger partial charge in [0.05, 0.1) is 0 Å². The van der Waals surface area contributed by atoms with Crippen LogP contribution in [0.15, 0.2) is 30.3 Å². The highest BCUT2D eigenvalue weighted by Crippen LogP contribution is 2.38. The van der Waals surface area contributed by atoms with E-state index >= 15 is 0 Å². The molecule has 2 N–H and O–H groups in total. The zero-order chi connectivity index (χ0) is 21.1. The Balaban J connectivity index is 1.65. The molecule has 2 aliphatic heterocycles. The SMILES string of the molecule is CC(C)(C)OC(=O)N1CCCC2(CC1)CC(N)CN2C(=O)OCc1ccccc1. The molecule has 2 fully saturated rings. The smallest absolute Gasteiger partial charge is 0.410 e. The maximum Gasteiger partial charge on any atom is 0.410 e. The van der Waals surface area contributed by atoms with E-state index in [1.165, 1.54) is 0 Å². The normalized spacial score (nSPS) is 25.0. The average molecular weight is 404 g/mol. The predicted octanol–water partition coefficient (Wildman–Crippen LogP) is 3.52. The van der Waals surface area contributed by atoms with E-state index in [1.807, 2.05) is 51.1 Å². The molecule has 2 aliphatic rings. The van der Waals surface area contributed by atoms with Gasteiger partial charge in [-0.05, 0) is 52.0 Å². The van der Waals surface area contributed by atoms with E-state index in [9.17, 15) is 9.59 Å². The van der Waals surface area contributed by atoms with Crippen molar-refractivity contribution in [2.75, 3.05) is 19.6 Å². The Morgan fingerprint density at radius 3 is 2.55 bits per heavy atom. The number of nitrogens with two attached hydrogens (primary N) is 1. The van der Waals surface area contributed by atoms with Crippen LogP contribution in [0.1, 0.15) is 52.0 Å². The molecule has 2 amide bonds. The Morgan fingerprint density at radius 1 is 1.14 bits per heavy atom. The lowest BCUT2D eigenvalue weighted by Gasteiger charge is -2.37. The average Bonchev–Trinajstić information content (AvgIpc) is 2.83. The number of rotatable bonds is 2. The molecule has 0 saturated carbocycles. The fraction of sp³-hybridized carbons (Fsp3) is 0.636. The number of hydrogen-bond donors (Lipinski definition) is 1. The minimum Gasteiger partial charge on any atom is -0.445 e. The third-order valence-corrected chi connectivity index (χ3v) is 5.63. The molecule has 7 nitrogen and oxygen atoms in total. The van der Waals surface area contributed by atoms with Crippen LogP contribution in [0.25, 0.3) is 0 Å². The molecule has 2 unspecified atom stereocenters. The van der Waals surface area contributed by atoms with E-state index in [0.717, 1.165) is 24.8 Å². The monoisotopic (exact) mass is 403 g/mol. The molecule has 1 spiro atoms. The second-order valence-electron chi connectivity index (χ2n) is 9.16. The standard InChI is InChI=1S/C22H33N3O4/c1-21(2,3)29-19(26)24-12-7-10-22(11-13-24)14-18(23)15-25(22)20(27)28-16-17-8-5-4-6-9-17/h4-6,8-9,18H,7,10-16,23H2,1-3H3. The van der Waals surface area contributed by atoms with Crippen molar-refractivity contribution in [3.8, 4) is 0 Å². The van der Waals surface area contributed by atoms with Crippen molar-refractivity contribution in [1.82, 2.24) is 9.80 Å². The first-order chi connectivity index (χ1) is 13.7. The van der Waals surface area contributed by atoms with Crippen LogP contribution in [0.2, 0.25) is 0 Å². The largest absolute Gasteiger partial charge is 0.445 e. The molecule has 2 atom stereocenters. The number of carbonyl (C=O) groups is 2. The number of likely N-dealkylation sites (tertiary alicyclic amines) is 2. The van der Waals surface area contributed by atoms with Crippen molar-refractivity contribution >= 4 is 12.2 Å². The van der Waals surface area contributed by atoms with E-state index in [-0.39, 0.29) is 30.4 Å². The quantitative estimate of drug-likeness (QED) is 0.817. The number of nitrogens with zero attached hydrogens (tertiary/aromatic N) is 2. The molecule has 0 radical (unpaired) electrons. The summed E-state index contributed by atoms with van der Waals surface area (Å²) < 4.78 is 11.1. The lowest BCUT2D eigenvalue weighted by atomic mass is 9.87. The molecular formula is C22H33N3O4. The van der Waals surface area contributed by atoms with Gasteiger partial charge in [0.1, 0.15) is 12.2 Å². The van der Waals surface area contributed by atoms with E-state index in [4.69, 9.17) is 15.2 Å². The Hall–Kier alpha value is -2.28. The fourth-order valence-corrected chi connectivity index (χ4v) is 4.32. The van der Waals surface area contributed by atoms with E-state index in [1.54, 1.807) is 9.80 Å². The first-order valence-electron chi connectivity index (χ1n) is 10.4. The van der Waals surface area contributed by atoms with Crippen LogP contribution >= 0.6 is 0 Å². The van der Waals surface area contributed by atoms with E-state index in [0.29, 0.717) is 26.1 Å². The molecule has 1 aromatic carbocycles. The maximum atomic E-state index is 12.9. The lowest BCUT2D eigenvalue weighted by Crippen LogP contribution is -2.48. The van der Waals surface area contributed by atoms with Gasteiger partial charge in [-0.25, -0.2) is 9.59 Å². The highest BCUT2D eigenvalue weighted by molar-refractivity contribution is 5.70. The number of benzene rings is 1. The number of carbonyl (C=O) groups excluding carboxylic acids is 2. The van der Waals surface area contributed by atoms with Crippen LogP contribution < -0.4 is 5.73 Å². The second-order valence-corrected chi connectivity index (χ2v) is 9.16. The van der Waals surface area contributed by atoms with E-state index < -0.39 is 5.60 Å². The highest BCUT2D eigenvalue weighted by atomic mass is 16.6. The Kier molecular flexibility index (Phi) is 6.36. The van der Waals surface area contributed by atoms with Gasteiger partial charge in [-0.15, -0.1) is 0 Å². The fourth-order valence-electron chi connectivity index (χ4n) is 4.32. The molecule has 7 heteroatoms. The second kappa shape index (κ2) is 8.61. The molecule has 160 valence electrons. The van der Waals surface area contributed by atoms with Gasteiger partial charge in [0, 0.05) is 31.2 Å². The molecular weight excluding hydrogens is 370 g/mol. The molecule has 29 heavy (non-hydrogen) atoms. The van der Waals surface area contributed by atoms with Crippen LogP contribution in [-0.4, -0.2) is 58.8 Å². The molecule has 0 aromatic heterocycles. The summed E-state index contributed by atoms with van der Waals surface area (Å²) in [6.45, 7) is 7.49. The number of amides is 2. The minimum absolute atomic E-state index is 0.0765. The predicted molar refractivity (Wildman–Crippen MR) is 110 cm³/mol. The number of hydrogen-bond acceptors (Lipinski definition) is 5. The van der Waals surface area contributed by atoms with Gasteiger partial charge >= 0.3 is 12.2 Å². The van der Waals surface area contributed by atoms with Crippen molar-refractivity contribution in [3.05, 3.63) is 35.9 Å². The zero-order valence-corrected chi connectivity index (χ0v) is 17.7. The molecule has 0 aliphatic carbocycles. The third-order valence-electron chi connectivity index (χ3n) is 5.63. The summed E-state index contributed by atoms with van der Waals surface area (Å²) in [4.78, 5) is 28.9. The molecule has 3 rings (SSSR count). The summed E-state index contributed by atoms with van der Waals surface area (Å²) in [5.41, 5.74) is 6.32. The van der Waals surface area contributed by atoms with Gasteiger partial charge < -0.3 is 25.0 Å². The summed E-state index contributed by atoms with van der Waals surface area (Å²) in [7, 11) is 0. The van der Waals surface area contributed by atoms with Crippen LogP contribution in [0.3, 0.4) is 0 Å². The highest BCUT2D eigenvalue weighted by Gasteiger charge is 2.48. The van der Waals surface area contributed by atoms with Crippen molar-refractivity contribution in [2.45, 2.75) is 70.2 Å². The Labute approximate surface area is 173 Å². The zero-order valence-electron chi connectivity index (χ0n) is 17.7. The van der Waals surface area contributed by atoms with Gasteiger partial charge in [-0.1, -0.05) is 30.3 Å². The summed E-state index contributed by atoms with van der Waals surface area (Å²) in [6, 6.07) is 9.57. The molecule has 2 heterocycles. The topological polar surface area (TPSA) is 85.1 Å². The molecule has 1 aromatic rings. The first kappa shape index (κ1) is 21.4. The Morgan fingerprint density at radius 2 is 1.86 bits per heavy atom. The summed E-state index contributed by atoms with van der Waals surface area (Å²) >= 11 is 0. The summed E-state index contributed by atoms with van der Waals surface area (Å²) in [5, 5.41) is 0. The van der Waals surface area contributed by atoms with Gasteiger partial charge in [0.2, 0.25) is 0 Å². The van der Waals surface area contributed by atoms with Gasteiger partial charge in [-0.2, -0.15) is 0 Å². The van der Waals surface area contributed by atoms with E-state index in [2.05, 4.69) is 0 Å². The van der Waals surface area contributed by atoms with Crippen molar-refractivity contribution in [1.29, 1.82) is 0 Å². The van der Waals surface area contributed by atoms with Gasteiger partial charge in [-0.3, -0.25) is 0 Å². The van der Waals surface area contributed by atoms with Crippen LogP contribution in [0, 0.1) is 0 Å². The first-order valence-corrected chi connectivity index (χ1v) is 10.4. The van der Waals surface area contributed by atoms with Gasteiger partial charge in [0.15, 0.2) is 0 Å². The van der Waals surface area contributed by atoms with Crippen LogP contribution in [0.5, 0.6) is 0 Å². The van der Waals surface area contributed by atoms with Crippen molar-refractivity contribution < 1.29 is 19.1 Å². The molecule has 2 saturated heterocycles.